The summed E-state index contributed by atoms with van der Waals surface area (Å²) in [7, 11) is 0. The Morgan fingerprint density at radius 3 is 1.72 bits per heavy atom. The molecule has 234 valence electrons. The second-order valence-electron chi connectivity index (χ2n) is 12.4. The van der Waals surface area contributed by atoms with Crippen LogP contribution < -0.4 is 0 Å². The van der Waals surface area contributed by atoms with Gasteiger partial charge in [0.25, 0.3) is 0 Å². The van der Waals surface area contributed by atoms with E-state index in [1.165, 1.54) is 20.2 Å². The van der Waals surface area contributed by atoms with Crippen molar-refractivity contribution >= 4 is 53.4 Å². The predicted molar refractivity (Wildman–Crippen MR) is 207 cm³/mol. The minimum atomic E-state index is 0.619. The molecule has 5 heteroatoms. The first-order chi connectivity index (χ1) is 24.8. The number of aromatic nitrogens is 3. The van der Waals surface area contributed by atoms with E-state index in [0.717, 1.165) is 60.9 Å². The average molecular weight is 658 g/mol. The van der Waals surface area contributed by atoms with Crippen LogP contribution in [-0.4, -0.2) is 15.0 Å². The van der Waals surface area contributed by atoms with Gasteiger partial charge in [0.1, 0.15) is 11.2 Å². The minimum absolute atomic E-state index is 0.619. The summed E-state index contributed by atoms with van der Waals surface area (Å²) in [6.07, 6.45) is 0. The molecule has 7 aromatic carbocycles. The molecule has 0 fully saturated rings. The molecule has 3 aromatic heterocycles. The van der Waals surface area contributed by atoms with E-state index in [4.69, 9.17) is 19.4 Å². The van der Waals surface area contributed by atoms with Gasteiger partial charge in [0.2, 0.25) is 0 Å². The van der Waals surface area contributed by atoms with Gasteiger partial charge >= 0.3 is 0 Å². The zero-order valence-corrected chi connectivity index (χ0v) is 27.6. The maximum absolute atomic E-state index is 6.25. The number of hydrogen-bond acceptors (Lipinski definition) is 5. The van der Waals surface area contributed by atoms with Crippen molar-refractivity contribution in [3.05, 3.63) is 164 Å². The zero-order chi connectivity index (χ0) is 33.0. The van der Waals surface area contributed by atoms with Crippen molar-refractivity contribution in [1.82, 2.24) is 15.0 Å². The van der Waals surface area contributed by atoms with Gasteiger partial charge in [-0.05, 0) is 53.1 Å². The van der Waals surface area contributed by atoms with Crippen LogP contribution in [0.3, 0.4) is 0 Å². The Kier molecular flexibility index (Phi) is 6.64. The number of para-hydroxylation sites is 1. The van der Waals surface area contributed by atoms with Crippen molar-refractivity contribution in [2.45, 2.75) is 0 Å². The van der Waals surface area contributed by atoms with E-state index in [2.05, 4.69) is 91.0 Å². The third-order valence-electron chi connectivity index (χ3n) is 9.36. The summed E-state index contributed by atoms with van der Waals surface area (Å²) in [5.74, 6) is 1.88. The molecule has 0 saturated carbocycles. The lowest BCUT2D eigenvalue weighted by atomic mass is 9.89. The standard InChI is InChI=1S/C45H27N3OS/c1-3-12-28(13-4-1)43-46-44(29-14-5-2-6-15-29)48-45(47-43)35-19-11-18-32(30-23-25-41-37(26-30)34-17-8-10-21-40(34)50-41)42(35)31-22-24-39-36(27-31)33-16-7-9-20-38(33)49-39/h1-27H. The van der Waals surface area contributed by atoms with Crippen LogP contribution in [0, 0.1) is 0 Å². The van der Waals surface area contributed by atoms with Crippen molar-refractivity contribution < 1.29 is 4.42 Å². The van der Waals surface area contributed by atoms with Gasteiger partial charge in [-0.15, -0.1) is 11.3 Å². The summed E-state index contributed by atoms with van der Waals surface area (Å²) < 4.78 is 8.82. The molecule has 0 spiro atoms. The summed E-state index contributed by atoms with van der Waals surface area (Å²) in [4.78, 5) is 15.3. The van der Waals surface area contributed by atoms with E-state index in [0.29, 0.717) is 17.5 Å². The lowest BCUT2D eigenvalue weighted by Gasteiger charge is -2.17. The van der Waals surface area contributed by atoms with E-state index >= 15 is 0 Å². The molecule has 10 rings (SSSR count). The van der Waals surface area contributed by atoms with E-state index in [9.17, 15) is 0 Å². The topological polar surface area (TPSA) is 51.8 Å². The lowest BCUT2D eigenvalue weighted by molar-refractivity contribution is 0.669. The Morgan fingerprint density at radius 1 is 0.360 bits per heavy atom. The Labute approximate surface area is 292 Å². The molecular formula is C45H27N3OS. The van der Waals surface area contributed by atoms with Gasteiger partial charge in [-0.2, -0.15) is 0 Å². The lowest BCUT2D eigenvalue weighted by Crippen LogP contribution is -2.01. The molecule has 0 aliphatic rings. The monoisotopic (exact) mass is 657 g/mol. The molecule has 0 radical (unpaired) electrons. The molecule has 3 heterocycles. The smallest absolute Gasteiger partial charge is 0.164 e. The van der Waals surface area contributed by atoms with Crippen molar-refractivity contribution in [1.29, 1.82) is 0 Å². The van der Waals surface area contributed by atoms with Crippen LogP contribution in [-0.2, 0) is 0 Å². The first kappa shape index (κ1) is 28.6. The number of nitrogens with zero attached hydrogens (tertiary/aromatic N) is 3. The Morgan fingerprint density at radius 2 is 0.940 bits per heavy atom. The van der Waals surface area contributed by atoms with E-state index < -0.39 is 0 Å². The van der Waals surface area contributed by atoms with Gasteiger partial charge in [-0.3, -0.25) is 0 Å². The van der Waals surface area contributed by atoms with Gasteiger partial charge in [0.15, 0.2) is 17.5 Å². The molecule has 0 aliphatic carbocycles. The summed E-state index contributed by atoms with van der Waals surface area (Å²) in [5, 5.41) is 4.69. The number of rotatable bonds is 5. The molecule has 50 heavy (non-hydrogen) atoms. The minimum Gasteiger partial charge on any atom is -0.456 e. The normalized spacial score (nSPS) is 11.6. The number of fused-ring (bicyclic) bond motifs is 6. The summed E-state index contributed by atoms with van der Waals surface area (Å²) in [6.45, 7) is 0. The molecule has 0 N–H and O–H groups in total. The first-order valence-electron chi connectivity index (χ1n) is 16.6. The molecular weight excluding hydrogens is 631 g/mol. The zero-order valence-electron chi connectivity index (χ0n) is 26.7. The van der Waals surface area contributed by atoms with E-state index in [-0.39, 0.29) is 0 Å². The summed E-state index contributed by atoms with van der Waals surface area (Å²) in [5.41, 5.74) is 8.90. The summed E-state index contributed by atoms with van der Waals surface area (Å²) in [6, 6.07) is 56.9. The molecule has 0 aliphatic heterocycles. The molecule has 10 aromatic rings. The molecule has 4 nitrogen and oxygen atoms in total. The Balaban J connectivity index is 1.27. The maximum Gasteiger partial charge on any atom is 0.164 e. The molecule has 0 amide bonds. The predicted octanol–water partition coefficient (Wildman–Crippen LogP) is 12.5. The van der Waals surface area contributed by atoms with Crippen molar-refractivity contribution in [2.75, 3.05) is 0 Å². The van der Waals surface area contributed by atoms with Gasteiger partial charge in [-0.1, -0.05) is 127 Å². The van der Waals surface area contributed by atoms with Crippen LogP contribution in [0.5, 0.6) is 0 Å². The number of hydrogen-bond donors (Lipinski definition) is 0. The quantitative estimate of drug-likeness (QED) is 0.185. The highest BCUT2D eigenvalue weighted by Gasteiger charge is 2.21. The SMILES string of the molecule is c1ccc(-c2nc(-c3ccccc3)nc(-c3cccc(-c4ccc5sc6ccccc6c5c4)c3-c3ccc4oc5ccccc5c4c3)n2)cc1. The van der Waals surface area contributed by atoms with Gasteiger partial charge in [0.05, 0.1) is 0 Å². The Hall–Kier alpha value is -6.43. The van der Waals surface area contributed by atoms with Crippen molar-refractivity contribution in [3.8, 4) is 56.4 Å². The number of benzene rings is 7. The van der Waals surface area contributed by atoms with Crippen LogP contribution >= 0.6 is 11.3 Å². The van der Waals surface area contributed by atoms with E-state index in [1.54, 1.807) is 0 Å². The van der Waals surface area contributed by atoms with Crippen LogP contribution in [0.15, 0.2) is 168 Å². The highest BCUT2D eigenvalue weighted by Crippen LogP contribution is 2.44. The first-order valence-corrected chi connectivity index (χ1v) is 17.4. The van der Waals surface area contributed by atoms with Crippen LogP contribution in [0.4, 0.5) is 0 Å². The molecule has 0 bridgehead atoms. The summed E-state index contributed by atoms with van der Waals surface area (Å²) >= 11 is 1.83. The Bertz CT molecular complexity index is 2820. The second-order valence-corrected chi connectivity index (χ2v) is 13.5. The van der Waals surface area contributed by atoms with Crippen molar-refractivity contribution in [3.63, 3.8) is 0 Å². The van der Waals surface area contributed by atoms with Crippen molar-refractivity contribution in [2.24, 2.45) is 0 Å². The third kappa shape index (κ3) is 4.79. The van der Waals surface area contributed by atoms with E-state index in [1.807, 2.05) is 84.1 Å². The average Bonchev–Trinajstić information content (AvgIpc) is 3.76. The number of furan rings is 1. The second kappa shape index (κ2) is 11.6. The fourth-order valence-corrected chi connectivity index (χ4v) is 8.08. The highest BCUT2D eigenvalue weighted by molar-refractivity contribution is 7.25. The number of thiophene rings is 1. The van der Waals surface area contributed by atoms with Gasteiger partial charge in [0, 0.05) is 53.2 Å². The fraction of sp³-hybridized carbons (Fsp3) is 0. The maximum atomic E-state index is 6.25. The van der Waals surface area contributed by atoms with Gasteiger partial charge < -0.3 is 4.42 Å². The molecule has 0 unspecified atom stereocenters. The van der Waals surface area contributed by atoms with Crippen LogP contribution in [0.2, 0.25) is 0 Å². The molecule has 0 saturated heterocycles. The van der Waals surface area contributed by atoms with Gasteiger partial charge in [-0.25, -0.2) is 15.0 Å². The van der Waals surface area contributed by atoms with Crippen LogP contribution in [0.25, 0.3) is 98.5 Å². The largest absolute Gasteiger partial charge is 0.456 e. The highest BCUT2D eigenvalue weighted by atomic mass is 32.1. The fourth-order valence-electron chi connectivity index (χ4n) is 6.99. The third-order valence-corrected chi connectivity index (χ3v) is 10.5. The van der Waals surface area contributed by atoms with Crippen LogP contribution in [0.1, 0.15) is 0 Å². The molecule has 0 atom stereocenters.